The molecule has 0 unspecified atom stereocenters. The van der Waals surface area contributed by atoms with Crippen LogP contribution in [0.3, 0.4) is 0 Å². The van der Waals surface area contributed by atoms with E-state index in [4.69, 9.17) is 24.4 Å². The summed E-state index contributed by atoms with van der Waals surface area (Å²) in [5, 5.41) is 4.53. The van der Waals surface area contributed by atoms with Gasteiger partial charge in [0.05, 0.1) is 22.8 Å². The molecule has 0 saturated heterocycles. The van der Waals surface area contributed by atoms with Crippen molar-refractivity contribution in [2.75, 3.05) is 0 Å². The van der Waals surface area contributed by atoms with Gasteiger partial charge in [0.15, 0.2) is 11.6 Å². The van der Waals surface area contributed by atoms with Gasteiger partial charge in [-0.3, -0.25) is 0 Å². The van der Waals surface area contributed by atoms with Crippen LogP contribution in [-0.2, 0) is 10.8 Å². The third kappa shape index (κ3) is 9.12. The molecule has 0 atom stereocenters. The number of nitrogens with zero attached hydrogens (tertiary/aromatic N) is 4. The van der Waals surface area contributed by atoms with Crippen molar-refractivity contribution in [2.45, 2.75) is 38.5 Å². The molecule has 0 bridgehead atoms. The first-order chi connectivity index (χ1) is 45.1. The topological polar surface area (TPSA) is 64.7 Å². The lowest BCUT2D eigenvalue weighted by Gasteiger charge is -2.22. The van der Waals surface area contributed by atoms with Crippen LogP contribution in [0.25, 0.3) is 154 Å². The summed E-state index contributed by atoms with van der Waals surface area (Å²) in [7, 11) is 0. The van der Waals surface area contributed by atoms with E-state index in [1.54, 1.807) is 0 Å². The average Bonchev–Trinajstić information content (AvgIpc) is 1.60. The Kier molecular flexibility index (Phi) is 13.0. The van der Waals surface area contributed by atoms with Gasteiger partial charge in [0.1, 0.15) is 11.2 Å². The molecule has 0 fully saturated rings. The minimum absolute atomic E-state index is 0.0548. The lowest BCUT2D eigenvalue weighted by molar-refractivity contribution is 0.660. The zero-order valence-corrected chi connectivity index (χ0v) is 52.1. The van der Waals surface area contributed by atoms with E-state index in [1.165, 1.54) is 75.8 Å². The Morgan fingerprint density at radius 3 is 1.15 bits per heavy atom. The zero-order chi connectivity index (χ0) is 61.7. The maximum Gasteiger partial charge on any atom is 0.161 e. The number of para-hydroxylation sites is 1. The molecule has 0 N–H and O–H groups in total. The third-order valence-electron chi connectivity index (χ3n) is 19.1. The molecule has 4 aromatic heterocycles. The number of hydrogen-bond acceptors (Lipinski definition) is 6. The van der Waals surface area contributed by atoms with Crippen molar-refractivity contribution in [3.8, 4) is 112 Å². The number of hydrogen-bond donors (Lipinski definition) is 0. The SMILES string of the molecule is CC1(C)c2ccccc2-c2ccc(-c3ccc(-c4nc(-c5ccccc5)cc(-c5ccccc5)n4)c4c3oc3ccccc34)cc21.CC1(C)c2ccccc2-c2ccc(-c3ccc(-c4nc(-c5ccccc5)cc(-c5ccccc5)n4)c4c3sc3ccccc34)cc21. The van der Waals surface area contributed by atoms with Gasteiger partial charge in [-0.15, -0.1) is 11.3 Å². The standard InChI is InChI=1S/C43H30N2O.C43H30N2S/c2*1-43(2)35-19-11-9-17-31(35)32-22-21-29(25-36(32)43)30-23-24-34(40-33-18-10-12-20-39(33)46-41(30)40)42-44-37(27-13-5-3-6-14-27)26-38(45-42)28-15-7-4-8-16-28/h2*3-26H,1-2H3. The van der Waals surface area contributed by atoms with Crippen LogP contribution in [0.2, 0.25) is 0 Å². The highest BCUT2D eigenvalue weighted by molar-refractivity contribution is 7.26. The van der Waals surface area contributed by atoms with Crippen molar-refractivity contribution in [1.82, 2.24) is 19.9 Å². The molecule has 2 aliphatic rings. The van der Waals surface area contributed by atoms with Crippen LogP contribution >= 0.6 is 11.3 Å². The van der Waals surface area contributed by atoms with E-state index in [-0.39, 0.29) is 10.8 Å². The quantitative estimate of drug-likeness (QED) is 0.152. The minimum atomic E-state index is -0.0889. The Morgan fingerprint density at radius 2 is 0.652 bits per heavy atom. The third-order valence-corrected chi connectivity index (χ3v) is 20.3. The van der Waals surface area contributed by atoms with Gasteiger partial charge in [0.25, 0.3) is 0 Å². The first-order valence-corrected chi connectivity index (χ1v) is 32.3. The number of fused-ring (bicyclic) bond motifs is 12. The number of thiophene rings is 1. The lowest BCUT2D eigenvalue weighted by atomic mass is 9.81. The number of rotatable bonds is 8. The van der Waals surface area contributed by atoms with Crippen LogP contribution in [0.15, 0.2) is 296 Å². The van der Waals surface area contributed by atoms with Crippen molar-refractivity contribution >= 4 is 53.4 Å². The molecule has 4 heterocycles. The predicted octanol–water partition coefficient (Wildman–Crippen LogP) is 23.2. The monoisotopic (exact) mass is 1200 g/mol. The van der Waals surface area contributed by atoms with Crippen LogP contribution in [0.5, 0.6) is 0 Å². The second-order valence-electron chi connectivity index (χ2n) is 25.2. The van der Waals surface area contributed by atoms with Gasteiger partial charge < -0.3 is 4.42 Å². The van der Waals surface area contributed by atoms with Gasteiger partial charge in [-0.05, 0) is 116 Å². The zero-order valence-electron chi connectivity index (χ0n) is 51.3. The molecule has 0 aliphatic heterocycles. The summed E-state index contributed by atoms with van der Waals surface area (Å²) in [5.41, 5.74) is 26.9. The highest BCUT2D eigenvalue weighted by atomic mass is 32.1. The van der Waals surface area contributed by atoms with Gasteiger partial charge in [-0.25, -0.2) is 19.9 Å². The highest BCUT2D eigenvalue weighted by Gasteiger charge is 2.37. The second kappa shape index (κ2) is 21.8. The van der Waals surface area contributed by atoms with Gasteiger partial charge in [-0.1, -0.05) is 264 Å². The molecule has 0 radical (unpaired) electrons. The molecule has 436 valence electrons. The summed E-state index contributed by atoms with van der Waals surface area (Å²) in [4.78, 5) is 20.8. The molecule has 0 spiro atoms. The largest absolute Gasteiger partial charge is 0.455 e. The first-order valence-electron chi connectivity index (χ1n) is 31.5. The van der Waals surface area contributed by atoms with Crippen molar-refractivity contribution in [3.63, 3.8) is 0 Å². The predicted molar refractivity (Wildman–Crippen MR) is 383 cm³/mol. The smallest absolute Gasteiger partial charge is 0.161 e. The van der Waals surface area contributed by atoms with Crippen LogP contribution < -0.4 is 0 Å². The maximum absolute atomic E-state index is 6.71. The number of aromatic nitrogens is 4. The average molecular weight is 1200 g/mol. The van der Waals surface area contributed by atoms with Crippen LogP contribution in [-0.4, -0.2) is 19.9 Å². The Morgan fingerprint density at radius 1 is 0.283 bits per heavy atom. The fourth-order valence-corrected chi connectivity index (χ4v) is 15.7. The summed E-state index contributed by atoms with van der Waals surface area (Å²) >= 11 is 1.86. The van der Waals surface area contributed by atoms with Crippen LogP contribution in [0.4, 0.5) is 0 Å². The summed E-state index contributed by atoms with van der Waals surface area (Å²) in [6.45, 7) is 9.34. The van der Waals surface area contributed by atoms with Gasteiger partial charge in [0.2, 0.25) is 0 Å². The fourth-order valence-electron chi connectivity index (χ4n) is 14.4. The minimum Gasteiger partial charge on any atom is -0.455 e. The lowest BCUT2D eigenvalue weighted by Crippen LogP contribution is -2.14. The molecule has 0 amide bonds. The Hall–Kier alpha value is -11.2. The van der Waals surface area contributed by atoms with E-state index in [9.17, 15) is 0 Å². The molecule has 6 heteroatoms. The van der Waals surface area contributed by atoms with Gasteiger partial charge in [-0.2, -0.15) is 0 Å². The van der Waals surface area contributed by atoms with E-state index < -0.39 is 0 Å². The number of furan rings is 1. The molecule has 0 saturated carbocycles. The Labute approximate surface area is 538 Å². The van der Waals surface area contributed by atoms with E-state index in [2.05, 4.69) is 258 Å². The molecule has 12 aromatic carbocycles. The normalized spacial score (nSPS) is 13.2. The van der Waals surface area contributed by atoms with Gasteiger partial charge in [0, 0.05) is 80.7 Å². The Bertz CT molecular complexity index is 5110. The van der Waals surface area contributed by atoms with Crippen molar-refractivity contribution in [3.05, 3.63) is 313 Å². The molecular formula is C86H60N4OS. The molecular weight excluding hydrogens is 1140 g/mol. The van der Waals surface area contributed by atoms with Crippen LogP contribution in [0.1, 0.15) is 49.9 Å². The van der Waals surface area contributed by atoms with E-state index >= 15 is 0 Å². The summed E-state index contributed by atoms with van der Waals surface area (Å²) in [6.07, 6.45) is 0. The summed E-state index contributed by atoms with van der Waals surface area (Å²) in [6, 6.07) is 103. The highest BCUT2D eigenvalue weighted by Crippen LogP contribution is 2.53. The first kappa shape index (κ1) is 54.9. The molecule has 16 aromatic rings. The van der Waals surface area contributed by atoms with Crippen LogP contribution in [0, 0.1) is 0 Å². The second-order valence-corrected chi connectivity index (χ2v) is 26.2. The van der Waals surface area contributed by atoms with Crippen molar-refractivity contribution in [2.24, 2.45) is 0 Å². The van der Waals surface area contributed by atoms with E-state index in [0.29, 0.717) is 5.82 Å². The van der Waals surface area contributed by atoms with Crippen molar-refractivity contribution < 1.29 is 4.42 Å². The molecule has 92 heavy (non-hydrogen) atoms. The molecule has 18 rings (SSSR count). The summed E-state index contributed by atoms with van der Waals surface area (Å²) in [5.74, 6) is 1.42. The maximum atomic E-state index is 6.71. The van der Waals surface area contributed by atoms with Gasteiger partial charge >= 0.3 is 0 Å². The van der Waals surface area contributed by atoms with Crippen molar-refractivity contribution in [1.29, 1.82) is 0 Å². The number of benzene rings is 12. The van der Waals surface area contributed by atoms with E-state index in [1.807, 2.05) is 72.0 Å². The van der Waals surface area contributed by atoms with E-state index in [0.717, 1.165) is 95.0 Å². The molecule has 2 aliphatic carbocycles. The summed E-state index contributed by atoms with van der Waals surface area (Å²) < 4.78 is 9.24. The Balaban J connectivity index is 0.000000141. The fraction of sp³-hybridized carbons (Fsp3) is 0.0698. The molecule has 5 nitrogen and oxygen atoms in total.